The lowest BCUT2D eigenvalue weighted by atomic mass is 10.1. The summed E-state index contributed by atoms with van der Waals surface area (Å²) < 4.78 is 10.6. The zero-order valence-corrected chi connectivity index (χ0v) is 15.3. The second-order valence-corrected chi connectivity index (χ2v) is 6.43. The van der Waals surface area contributed by atoms with Crippen LogP contribution >= 0.6 is 0 Å². The van der Waals surface area contributed by atoms with Gasteiger partial charge in [-0.3, -0.25) is 9.78 Å². The third-order valence-corrected chi connectivity index (χ3v) is 4.63. The molecule has 1 aromatic rings. The molecule has 1 unspecified atom stereocenters. The first-order chi connectivity index (χ1) is 13.2. The van der Waals surface area contributed by atoms with Crippen LogP contribution in [-0.2, 0) is 14.3 Å². The van der Waals surface area contributed by atoms with E-state index in [-0.39, 0.29) is 18.4 Å². The average molecular weight is 369 g/mol. The van der Waals surface area contributed by atoms with Crippen molar-refractivity contribution in [2.45, 2.75) is 19.4 Å². The average Bonchev–Trinajstić information content (AvgIpc) is 3.13. The van der Waals surface area contributed by atoms with E-state index in [1.165, 1.54) is 0 Å². The molecule has 0 bridgehead atoms. The number of carbonyl (C=O) groups is 1. The normalized spacial score (nSPS) is 22.0. The van der Waals surface area contributed by atoms with Gasteiger partial charge in [-0.1, -0.05) is 0 Å². The lowest BCUT2D eigenvalue weighted by molar-refractivity contribution is -0.141. The number of nitrogens with zero attached hydrogens (tertiary/aromatic N) is 4. The standard InChI is InChI=1S/C19H23N5O3/c1-2-27-19(25)12-15-11-18(23-7-9-26-10-8-23)24-17(21-15)13-16(22-24)14-3-5-20-6-4-14/h3-6,11,13,16,22H,2,7-10,12H2,1H3. The fourth-order valence-corrected chi connectivity index (χ4v) is 3.35. The minimum Gasteiger partial charge on any atom is -0.466 e. The SMILES string of the molecule is CCOC(=O)CC1=NC2=CC(c3ccncc3)NN2C(N2CCOCC2)=C1. The molecule has 27 heavy (non-hydrogen) atoms. The highest BCUT2D eigenvalue weighted by Gasteiger charge is 2.33. The fraction of sp³-hybridized carbons (Fsp3) is 0.421. The lowest BCUT2D eigenvalue weighted by Crippen LogP contribution is -2.46. The van der Waals surface area contributed by atoms with Gasteiger partial charge in [0.2, 0.25) is 0 Å². The summed E-state index contributed by atoms with van der Waals surface area (Å²) in [6, 6.07) is 3.96. The van der Waals surface area contributed by atoms with Crippen molar-refractivity contribution in [1.29, 1.82) is 0 Å². The molecule has 3 aliphatic rings. The number of aromatic nitrogens is 1. The molecule has 1 saturated heterocycles. The molecule has 142 valence electrons. The molecule has 0 aliphatic carbocycles. The third-order valence-electron chi connectivity index (χ3n) is 4.63. The maximum absolute atomic E-state index is 12.0. The highest BCUT2D eigenvalue weighted by Crippen LogP contribution is 2.32. The zero-order chi connectivity index (χ0) is 18.6. The molecular formula is C19H23N5O3. The van der Waals surface area contributed by atoms with Gasteiger partial charge in [-0.25, -0.2) is 15.4 Å². The zero-order valence-electron chi connectivity index (χ0n) is 15.3. The van der Waals surface area contributed by atoms with Gasteiger partial charge in [-0.15, -0.1) is 0 Å². The Labute approximate surface area is 158 Å². The number of rotatable bonds is 5. The summed E-state index contributed by atoms with van der Waals surface area (Å²) in [5.41, 5.74) is 5.30. The van der Waals surface area contributed by atoms with Gasteiger partial charge in [-0.05, 0) is 30.7 Å². The number of aliphatic imine (C=N–C) groups is 1. The van der Waals surface area contributed by atoms with E-state index < -0.39 is 0 Å². The number of hydrogen-bond acceptors (Lipinski definition) is 8. The molecule has 4 heterocycles. The molecule has 1 atom stereocenters. The van der Waals surface area contributed by atoms with E-state index in [1.807, 2.05) is 23.2 Å². The van der Waals surface area contributed by atoms with Gasteiger partial charge in [0.25, 0.3) is 0 Å². The van der Waals surface area contributed by atoms with Crippen LogP contribution in [0.5, 0.6) is 0 Å². The number of hydrogen-bond donors (Lipinski definition) is 1. The topological polar surface area (TPSA) is 79.3 Å². The summed E-state index contributed by atoms with van der Waals surface area (Å²) in [6.45, 7) is 5.13. The molecule has 1 aromatic heterocycles. The van der Waals surface area contributed by atoms with E-state index in [0.717, 1.165) is 30.3 Å². The second kappa shape index (κ2) is 7.89. The molecule has 3 aliphatic heterocycles. The number of pyridine rings is 1. The predicted molar refractivity (Wildman–Crippen MR) is 99.2 cm³/mol. The number of esters is 1. The number of carbonyl (C=O) groups excluding carboxylic acids is 1. The van der Waals surface area contributed by atoms with E-state index in [2.05, 4.69) is 26.4 Å². The Morgan fingerprint density at radius 2 is 2.11 bits per heavy atom. The van der Waals surface area contributed by atoms with Crippen LogP contribution in [0.3, 0.4) is 0 Å². The van der Waals surface area contributed by atoms with Crippen molar-refractivity contribution in [3.05, 3.63) is 53.9 Å². The summed E-state index contributed by atoms with van der Waals surface area (Å²) in [5.74, 6) is 1.51. The Kier molecular flexibility index (Phi) is 5.17. The van der Waals surface area contributed by atoms with Crippen molar-refractivity contribution in [3.8, 4) is 0 Å². The molecular weight excluding hydrogens is 346 g/mol. The van der Waals surface area contributed by atoms with Crippen molar-refractivity contribution in [2.75, 3.05) is 32.9 Å². The second-order valence-electron chi connectivity index (χ2n) is 6.43. The van der Waals surface area contributed by atoms with Crippen LogP contribution in [0.4, 0.5) is 0 Å². The molecule has 0 spiro atoms. The van der Waals surface area contributed by atoms with Crippen LogP contribution in [-0.4, -0.2) is 59.5 Å². The third kappa shape index (κ3) is 3.86. The molecule has 1 N–H and O–H groups in total. The first-order valence-corrected chi connectivity index (χ1v) is 9.20. The van der Waals surface area contributed by atoms with Crippen LogP contribution in [0, 0.1) is 0 Å². The number of hydrazine groups is 1. The van der Waals surface area contributed by atoms with Gasteiger partial charge >= 0.3 is 5.97 Å². The minimum absolute atomic E-state index is 0.00173. The van der Waals surface area contributed by atoms with Crippen molar-refractivity contribution in [2.24, 2.45) is 4.99 Å². The fourth-order valence-electron chi connectivity index (χ4n) is 3.35. The molecule has 8 heteroatoms. The quantitative estimate of drug-likeness (QED) is 0.785. The Hall–Kier alpha value is -2.71. The molecule has 0 amide bonds. The van der Waals surface area contributed by atoms with Gasteiger partial charge in [0, 0.05) is 31.6 Å². The van der Waals surface area contributed by atoms with Crippen LogP contribution in [0.15, 0.2) is 53.3 Å². The first-order valence-electron chi connectivity index (χ1n) is 9.20. The minimum atomic E-state index is -0.264. The van der Waals surface area contributed by atoms with Crippen molar-refractivity contribution in [1.82, 2.24) is 20.3 Å². The van der Waals surface area contributed by atoms with E-state index in [0.29, 0.717) is 25.5 Å². The number of ether oxygens (including phenoxy) is 2. The van der Waals surface area contributed by atoms with Gasteiger partial charge in [0.05, 0.1) is 38.0 Å². The van der Waals surface area contributed by atoms with Crippen molar-refractivity contribution >= 4 is 11.7 Å². The van der Waals surface area contributed by atoms with Crippen LogP contribution in [0.2, 0.25) is 0 Å². The van der Waals surface area contributed by atoms with E-state index in [1.54, 1.807) is 19.3 Å². The Bertz CT molecular complexity index is 784. The summed E-state index contributed by atoms with van der Waals surface area (Å²) >= 11 is 0. The first kappa shape index (κ1) is 17.7. The van der Waals surface area contributed by atoms with Crippen molar-refractivity contribution in [3.63, 3.8) is 0 Å². The van der Waals surface area contributed by atoms with E-state index in [9.17, 15) is 4.79 Å². The highest BCUT2D eigenvalue weighted by atomic mass is 16.5. The van der Waals surface area contributed by atoms with Gasteiger partial charge in [0.15, 0.2) is 0 Å². The molecule has 1 fully saturated rings. The predicted octanol–water partition coefficient (Wildman–Crippen LogP) is 1.37. The maximum Gasteiger partial charge on any atom is 0.311 e. The molecule has 8 nitrogen and oxygen atoms in total. The van der Waals surface area contributed by atoms with Crippen LogP contribution < -0.4 is 5.43 Å². The molecule has 0 saturated carbocycles. The Balaban J connectivity index is 1.62. The van der Waals surface area contributed by atoms with Gasteiger partial charge in [-0.2, -0.15) is 0 Å². The number of morpholine rings is 1. The molecule has 4 rings (SSSR count). The lowest BCUT2D eigenvalue weighted by Gasteiger charge is -2.38. The van der Waals surface area contributed by atoms with Gasteiger partial charge < -0.3 is 14.4 Å². The monoisotopic (exact) mass is 369 g/mol. The van der Waals surface area contributed by atoms with E-state index in [4.69, 9.17) is 9.47 Å². The van der Waals surface area contributed by atoms with Crippen LogP contribution in [0.1, 0.15) is 24.9 Å². The van der Waals surface area contributed by atoms with E-state index >= 15 is 0 Å². The Morgan fingerprint density at radius 1 is 1.33 bits per heavy atom. The summed E-state index contributed by atoms with van der Waals surface area (Å²) in [4.78, 5) is 23.0. The summed E-state index contributed by atoms with van der Waals surface area (Å²) in [7, 11) is 0. The number of allylic oxidation sites excluding steroid dienone is 1. The summed E-state index contributed by atoms with van der Waals surface area (Å²) in [5, 5.41) is 1.99. The largest absolute Gasteiger partial charge is 0.466 e. The Morgan fingerprint density at radius 3 is 2.85 bits per heavy atom. The van der Waals surface area contributed by atoms with Gasteiger partial charge in [0.1, 0.15) is 11.6 Å². The number of nitrogens with one attached hydrogen (secondary N) is 1. The molecule has 0 aromatic carbocycles. The highest BCUT2D eigenvalue weighted by molar-refractivity contribution is 6.06. The molecule has 0 radical (unpaired) electrons. The maximum atomic E-state index is 12.0. The summed E-state index contributed by atoms with van der Waals surface area (Å²) in [6.07, 6.45) is 7.74. The van der Waals surface area contributed by atoms with Crippen molar-refractivity contribution < 1.29 is 14.3 Å². The number of fused-ring (bicyclic) bond motifs is 1. The van der Waals surface area contributed by atoms with Crippen LogP contribution in [0.25, 0.3) is 0 Å². The smallest absolute Gasteiger partial charge is 0.311 e.